The first-order valence-corrected chi connectivity index (χ1v) is 7.41. The zero-order valence-corrected chi connectivity index (χ0v) is 12.4. The van der Waals surface area contributed by atoms with Crippen molar-refractivity contribution in [3.05, 3.63) is 16.4 Å². The van der Waals surface area contributed by atoms with Gasteiger partial charge in [0, 0.05) is 18.7 Å². The third kappa shape index (κ3) is 3.48. The van der Waals surface area contributed by atoms with E-state index in [-0.39, 0.29) is 0 Å². The van der Waals surface area contributed by atoms with Gasteiger partial charge in [-0.3, -0.25) is 4.68 Å². The quantitative estimate of drug-likeness (QED) is 0.824. The van der Waals surface area contributed by atoms with Crippen molar-refractivity contribution in [2.45, 2.75) is 52.0 Å². The molecule has 0 spiro atoms. The van der Waals surface area contributed by atoms with Gasteiger partial charge in [0.15, 0.2) is 0 Å². The third-order valence-corrected chi connectivity index (χ3v) is 4.19. The maximum absolute atomic E-state index is 6.32. The lowest BCUT2D eigenvalue weighted by Crippen LogP contribution is -2.32. The molecule has 0 saturated heterocycles. The van der Waals surface area contributed by atoms with Crippen LogP contribution in [0.25, 0.3) is 0 Å². The minimum atomic E-state index is 0.554. The van der Waals surface area contributed by atoms with Crippen LogP contribution in [-0.4, -0.2) is 22.4 Å². The van der Waals surface area contributed by atoms with E-state index in [9.17, 15) is 0 Å². The maximum Gasteiger partial charge on any atom is 0.130 e. The van der Waals surface area contributed by atoms with Crippen LogP contribution in [0.15, 0.2) is 0 Å². The Hall–Kier alpha value is -0.540. The molecule has 1 heterocycles. The van der Waals surface area contributed by atoms with Gasteiger partial charge in [0.2, 0.25) is 0 Å². The average molecular weight is 270 g/mol. The summed E-state index contributed by atoms with van der Waals surface area (Å²) in [7, 11) is 1.91. The molecular weight excluding hydrogens is 246 g/mol. The van der Waals surface area contributed by atoms with Gasteiger partial charge in [0.25, 0.3) is 0 Å². The van der Waals surface area contributed by atoms with Crippen LogP contribution in [0, 0.1) is 12.8 Å². The van der Waals surface area contributed by atoms with E-state index in [4.69, 9.17) is 11.6 Å². The Labute approximate surface area is 115 Å². The topological polar surface area (TPSA) is 29.9 Å². The van der Waals surface area contributed by atoms with Crippen LogP contribution < -0.4 is 5.32 Å². The van der Waals surface area contributed by atoms with Gasteiger partial charge in [-0.15, -0.1) is 0 Å². The Morgan fingerprint density at radius 1 is 1.50 bits per heavy atom. The molecule has 4 heteroatoms. The summed E-state index contributed by atoms with van der Waals surface area (Å²) in [6, 6.07) is 0.554. The summed E-state index contributed by atoms with van der Waals surface area (Å²) < 4.78 is 1.78. The SMILES string of the molecule is CCCNC(Cc1c(C)nn(C)c1Cl)CC1CC1. The van der Waals surface area contributed by atoms with E-state index in [1.807, 2.05) is 7.05 Å². The molecule has 1 aliphatic rings. The summed E-state index contributed by atoms with van der Waals surface area (Å²) >= 11 is 6.32. The number of rotatable bonds is 7. The highest BCUT2D eigenvalue weighted by atomic mass is 35.5. The van der Waals surface area contributed by atoms with E-state index >= 15 is 0 Å². The second kappa shape index (κ2) is 6.07. The van der Waals surface area contributed by atoms with Crippen molar-refractivity contribution in [1.82, 2.24) is 15.1 Å². The largest absolute Gasteiger partial charge is 0.314 e. The molecule has 0 radical (unpaired) electrons. The second-order valence-corrected chi connectivity index (χ2v) is 5.87. The molecule has 1 aliphatic carbocycles. The van der Waals surface area contributed by atoms with Crippen LogP contribution in [0.3, 0.4) is 0 Å². The molecule has 1 aromatic heterocycles. The van der Waals surface area contributed by atoms with Gasteiger partial charge >= 0.3 is 0 Å². The first kappa shape index (κ1) is 13.9. The van der Waals surface area contributed by atoms with Crippen LogP contribution in [0.1, 0.15) is 43.9 Å². The molecule has 18 heavy (non-hydrogen) atoms. The van der Waals surface area contributed by atoms with Crippen molar-refractivity contribution >= 4 is 11.6 Å². The number of nitrogens with one attached hydrogen (secondary N) is 1. The van der Waals surface area contributed by atoms with Crippen molar-refractivity contribution in [3.63, 3.8) is 0 Å². The fraction of sp³-hybridized carbons (Fsp3) is 0.786. The van der Waals surface area contributed by atoms with Gasteiger partial charge in [-0.25, -0.2) is 0 Å². The summed E-state index contributed by atoms with van der Waals surface area (Å²) in [6.45, 7) is 5.35. The third-order valence-electron chi connectivity index (χ3n) is 3.72. The molecule has 1 unspecified atom stereocenters. The Morgan fingerprint density at radius 3 is 2.72 bits per heavy atom. The number of halogens is 1. The fourth-order valence-corrected chi connectivity index (χ4v) is 2.75. The smallest absolute Gasteiger partial charge is 0.130 e. The van der Waals surface area contributed by atoms with Gasteiger partial charge in [-0.2, -0.15) is 5.10 Å². The predicted molar refractivity (Wildman–Crippen MR) is 76.1 cm³/mol. The van der Waals surface area contributed by atoms with E-state index in [1.54, 1.807) is 4.68 Å². The molecule has 0 amide bonds. The molecule has 102 valence electrons. The normalized spacial score (nSPS) is 17.1. The Balaban J connectivity index is 2.01. The molecular formula is C14H24ClN3. The second-order valence-electron chi connectivity index (χ2n) is 5.51. The van der Waals surface area contributed by atoms with Crippen molar-refractivity contribution < 1.29 is 0 Å². The Kier molecular flexibility index (Phi) is 4.68. The molecule has 2 rings (SSSR count). The van der Waals surface area contributed by atoms with Crippen molar-refractivity contribution in [1.29, 1.82) is 0 Å². The van der Waals surface area contributed by atoms with Crippen LogP contribution >= 0.6 is 11.6 Å². The maximum atomic E-state index is 6.32. The van der Waals surface area contributed by atoms with Crippen LogP contribution in [0.2, 0.25) is 5.15 Å². The number of aromatic nitrogens is 2. The molecule has 1 saturated carbocycles. The predicted octanol–water partition coefficient (Wildman–Crippen LogP) is 3.09. The molecule has 1 atom stereocenters. The first-order chi connectivity index (χ1) is 8.61. The number of hydrogen-bond acceptors (Lipinski definition) is 2. The van der Waals surface area contributed by atoms with E-state index in [0.717, 1.165) is 29.7 Å². The number of nitrogens with zero attached hydrogens (tertiary/aromatic N) is 2. The van der Waals surface area contributed by atoms with Gasteiger partial charge in [-0.05, 0) is 38.6 Å². The molecule has 1 fully saturated rings. The summed E-state index contributed by atoms with van der Waals surface area (Å²) in [5.41, 5.74) is 2.29. The van der Waals surface area contributed by atoms with Gasteiger partial charge < -0.3 is 5.32 Å². The highest BCUT2D eigenvalue weighted by Gasteiger charge is 2.26. The minimum absolute atomic E-state index is 0.554. The lowest BCUT2D eigenvalue weighted by atomic mass is 10.0. The molecule has 0 bridgehead atoms. The summed E-state index contributed by atoms with van der Waals surface area (Å²) in [4.78, 5) is 0. The Morgan fingerprint density at radius 2 is 2.22 bits per heavy atom. The number of aryl methyl sites for hydroxylation is 2. The van der Waals surface area contributed by atoms with Crippen LogP contribution in [0.4, 0.5) is 0 Å². The highest BCUT2D eigenvalue weighted by molar-refractivity contribution is 6.30. The van der Waals surface area contributed by atoms with Crippen LogP contribution in [0.5, 0.6) is 0 Å². The molecule has 0 aliphatic heterocycles. The first-order valence-electron chi connectivity index (χ1n) is 7.03. The number of hydrogen-bond donors (Lipinski definition) is 1. The van der Waals surface area contributed by atoms with Crippen molar-refractivity contribution in [3.8, 4) is 0 Å². The zero-order chi connectivity index (χ0) is 13.1. The lowest BCUT2D eigenvalue weighted by molar-refractivity contribution is 0.454. The molecule has 3 nitrogen and oxygen atoms in total. The van der Waals surface area contributed by atoms with Gasteiger partial charge in [-0.1, -0.05) is 31.4 Å². The molecule has 1 aromatic rings. The standard InChI is InChI=1S/C14H24ClN3/c1-4-7-16-12(8-11-5-6-11)9-13-10(2)17-18(3)14(13)15/h11-12,16H,4-9H2,1-3H3. The average Bonchev–Trinajstić information content (AvgIpc) is 3.11. The molecule has 0 aromatic carbocycles. The van der Waals surface area contributed by atoms with E-state index in [1.165, 1.54) is 31.2 Å². The summed E-state index contributed by atoms with van der Waals surface area (Å²) in [6.07, 6.45) is 6.29. The minimum Gasteiger partial charge on any atom is -0.314 e. The molecule has 1 N–H and O–H groups in total. The zero-order valence-electron chi connectivity index (χ0n) is 11.7. The lowest BCUT2D eigenvalue weighted by Gasteiger charge is -2.18. The highest BCUT2D eigenvalue weighted by Crippen LogP contribution is 2.34. The van der Waals surface area contributed by atoms with Gasteiger partial charge in [0.1, 0.15) is 5.15 Å². The van der Waals surface area contributed by atoms with Crippen LogP contribution in [-0.2, 0) is 13.5 Å². The van der Waals surface area contributed by atoms with Crippen molar-refractivity contribution in [2.24, 2.45) is 13.0 Å². The fourth-order valence-electron chi connectivity index (χ4n) is 2.50. The summed E-state index contributed by atoms with van der Waals surface area (Å²) in [5, 5.41) is 8.85. The van der Waals surface area contributed by atoms with Crippen molar-refractivity contribution in [2.75, 3.05) is 6.54 Å². The van der Waals surface area contributed by atoms with E-state index < -0.39 is 0 Å². The monoisotopic (exact) mass is 269 g/mol. The summed E-state index contributed by atoms with van der Waals surface area (Å²) in [5.74, 6) is 0.940. The van der Waals surface area contributed by atoms with Gasteiger partial charge in [0.05, 0.1) is 5.69 Å². The Bertz CT molecular complexity index is 396. The van der Waals surface area contributed by atoms with E-state index in [2.05, 4.69) is 24.3 Å². The van der Waals surface area contributed by atoms with E-state index in [0.29, 0.717) is 6.04 Å².